The molecule has 3 rings (SSSR count). The number of aliphatic imine (C=N–C) groups is 2. The van der Waals surface area contributed by atoms with Gasteiger partial charge in [-0.05, 0) is 80.6 Å². The second kappa shape index (κ2) is 30.3. The molecule has 64 heavy (non-hydrogen) atoms. The zero-order valence-electron chi connectivity index (χ0n) is 36.8. The van der Waals surface area contributed by atoms with Crippen molar-refractivity contribution >= 4 is 74.8 Å². The summed E-state index contributed by atoms with van der Waals surface area (Å²) in [5.74, 6) is -4.77. The Morgan fingerprint density at radius 2 is 1.30 bits per heavy atom. The van der Waals surface area contributed by atoms with E-state index in [1.807, 2.05) is 13.8 Å². The lowest BCUT2D eigenvalue weighted by molar-refractivity contribution is -0.131. The van der Waals surface area contributed by atoms with Crippen LogP contribution in [-0.2, 0) is 25.7 Å². The highest BCUT2D eigenvalue weighted by Gasteiger charge is 2.27. The minimum absolute atomic E-state index is 0.0602. The van der Waals surface area contributed by atoms with E-state index in [0.29, 0.717) is 40.2 Å². The maximum absolute atomic E-state index is 13.7. The molecule has 1 heterocycles. The molecular weight excluding hydrogens is 849 g/mol. The molecule has 0 aliphatic rings. The minimum Gasteiger partial charge on any atom is -0.478 e. The van der Waals surface area contributed by atoms with Crippen molar-refractivity contribution in [3.05, 3.63) is 64.2 Å². The molecule has 22 nitrogen and oxygen atoms in total. The van der Waals surface area contributed by atoms with Crippen molar-refractivity contribution in [1.29, 1.82) is 0 Å². The highest BCUT2D eigenvalue weighted by molar-refractivity contribution is 7.20. The predicted octanol–water partition coefficient (Wildman–Crippen LogP) is -0.465. The first kappa shape index (κ1) is 55.3. The molecule has 0 bridgehead atoms. The summed E-state index contributed by atoms with van der Waals surface area (Å²) in [5.41, 5.74) is 33.3. The van der Waals surface area contributed by atoms with Crippen molar-refractivity contribution < 1.29 is 38.7 Å². The van der Waals surface area contributed by atoms with Gasteiger partial charge in [-0.25, -0.2) is 9.78 Å². The van der Waals surface area contributed by atoms with Crippen LogP contribution in [0.4, 0.5) is 0 Å². The van der Waals surface area contributed by atoms with Crippen LogP contribution >= 0.6 is 11.3 Å². The van der Waals surface area contributed by atoms with Crippen LogP contribution in [0.15, 0.2) is 52.4 Å². The monoisotopic (exact) mass is 912 g/mol. The summed E-state index contributed by atoms with van der Waals surface area (Å²) in [6.07, 6.45) is 3.20. The van der Waals surface area contributed by atoms with Crippen molar-refractivity contribution in [3.63, 3.8) is 0 Å². The van der Waals surface area contributed by atoms with Gasteiger partial charge in [0.15, 0.2) is 16.9 Å². The molecular formula is C41H64N14O8S. The SMILES string of the molecule is CC(=O)NCC(=O)NC(CCCN=C(N)N)C(=O)NCC(=O)NC(CCCN=C(N)N)C(=O)c1nc2ccc(C(=O)NCc3ccc(C(=O)O)cc3)cc2s1.CC(C)N.CCCCN. The van der Waals surface area contributed by atoms with Gasteiger partial charge in [-0.1, -0.05) is 39.3 Å². The number of nitrogens with two attached hydrogens (primary N) is 6. The summed E-state index contributed by atoms with van der Waals surface area (Å²) in [7, 11) is 0. The molecule has 0 fully saturated rings. The van der Waals surface area contributed by atoms with Crippen molar-refractivity contribution in [1.82, 2.24) is 31.6 Å². The molecule has 0 aliphatic heterocycles. The maximum atomic E-state index is 13.7. The lowest BCUT2D eigenvalue weighted by Crippen LogP contribution is -2.52. The van der Waals surface area contributed by atoms with E-state index in [1.165, 1.54) is 31.9 Å². The van der Waals surface area contributed by atoms with Gasteiger partial charge >= 0.3 is 5.97 Å². The molecule has 352 valence electrons. The van der Waals surface area contributed by atoms with Crippen LogP contribution in [0.3, 0.4) is 0 Å². The number of guanidine groups is 2. The Morgan fingerprint density at radius 3 is 1.80 bits per heavy atom. The number of thiazole rings is 1. The number of carbonyl (C=O) groups excluding carboxylic acids is 6. The van der Waals surface area contributed by atoms with Gasteiger partial charge in [-0.3, -0.25) is 38.8 Å². The molecule has 0 saturated carbocycles. The molecule has 2 aromatic carbocycles. The van der Waals surface area contributed by atoms with Crippen LogP contribution in [0.2, 0.25) is 0 Å². The Kier molecular flexibility index (Phi) is 26.2. The number of benzene rings is 2. The normalized spacial score (nSPS) is 11.2. The lowest BCUT2D eigenvalue weighted by atomic mass is 10.1. The van der Waals surface area contributed by atoms with Gasteiger partial charge < -0.3 is 66.1 Å². The van der Waals surface area contributed by atoms with Crippen molar-refractivity contribution in [2.75, 3.05) is 32.7 Å². The molecule has 1 aromatic heterocycles. The average molecular weight is 913 g/mol. The van der Waals surface area contributed by atoms with Gasteiger partial charge in [0.25, 0.3) is 5.91 Å². The Labute approximate surface area is 376 Å². The van der Waals surface area contributed by atoms with Crippen LogP contribution in [-0.4, -0.2) is 114 Å². The number of nitrogens with zero attached hydrogens (tertiary/aromatic N) is 3. The van der Waals surface area contributed by atoms with Gasteiger partial charge in [0.2, 0.25) is 29.4 Å². The van der Waals surface area contributed by atoms with E-state index < -0.39 is 59.9 Å². The molecule has 0 aliphatic carbocycles. The number of hydrogen-bond donors (Lipinski definition) is 12. The number of carboxylic acids is 1. The predicted molar refractivity (Wildman–Crippen MR) is 247 cm³/mol. The summed E-state index contributed by atoms with van der Waals surface area (Å²) in [4.78, 5) is 99.6. The average Bonchev–Trinajstić information content (AvgIpc) is 3.67. The van der Waals surface area contributed by atoms with E-state index in [1.54, 1.807) is 30.3 Å². The first-order valence-corrected chi connectivity index (χ1v) is 21.3. The summed E-state index contributed by atoms with van der Waals surface area (Å²) >= 11 is 1.02. The molecule has 0 radical (unpaired) electrons. The zero-order valence-corrected chi connectivity index (χ0v) is 37.6. The van der Waals surface area contributed by atoms with Gasteiger partial charge in [0.05, 0.1) is 34.9 Å². The maximum Gasteiger partial charge on any atom is 0.335 e. The Balaban J connectivity index is 0.00000206. The smallest absolute Gasteiger partial charge is 0.335 e. The van der Waals surface area contributed by atoms with E-state index in [-0.39, 0.29) is 61.5 Å². The fraction of sp³-hybridized carbons (Fsp3) is 0.463. The quantitative estimate of drug-likeness (QED) is 0.0248. The Hall–Kier alpha value is -6.72. The standard InChI is InChI=1S/C34H44N12O8S.C4H11N.C3H9N/c1-18(47)41-16-26(48)45-24(5-3-13-40-34(37)38)30(52)43-17-27(49)44-23(4-2-12-39-33(35)36)28(50)31-46-22-11-10-21(14-25(22)55-31)29(51)42-15-19-6-8-20(9-7-19)32(53)54;1-2-3-4-5;1-3(2)4/h6-11,14,23-24H,2-5,12-13,15-17H2,1H3,(H,41,47)(H,42,51)(H,43,52)(H,44,49)(H,45,48)(H,53,54)(H4,35,36,39)(H4,37,38,40);2-5H2,1H3;3H,4H2,1-2H3. The first-order chi connectivity index (χ1) is 30.3. The second-order valence-electron chi connectivity index (χ2n) is 14.4. The van der Waals surface area contributed by atoms with Crippen molar-refractivity contribution in [2.24, 2.45) is 44.4 Å². The number of fused-ring (bicyclic) bond motifs is 1. The van der Waals surface area contributed by atoms with Crippen molar-refractivity contribution in [2.45, 2.75) is 90.9 Å². The molecule has 18 N–H and O–H groups in total. The van der Waals surface area contributed by atoms with Crippen LogP contribution in [0, 0.1) is 0 Å². The number of carbonyl (C=O) groups is 7. The number of aromatic nitrogens is 1. The third kappa shape index (κ3) is 23.5. The third-order valence-corrected chi connectivity index (χ3v) is 9.22. The van der Waals surface area contributed by atoms with Crippen LogP contribution in [0.1, 0.15) is 102 Å². The lowest BCUT2D eigenvalue weighted by Gasteiger charge is -2.20. The highest BCUT2D eigenvalue weighted by Crippen LogP contribution is 2.25. The van der Waals surface area contributed by atoms with Crippen LogP contribution in [0.25, 0.3) is 10.2 Å². The third-order valence-electron chi connectivity index (χ3n) is 8.19. The minimum atomic E-state index is -1.10. The fourth-order valence-electron chi connectivity index (χ4n) is 5.10. The molecule has 0 spiro atoms. The van der Waals surface area contributed by atoms with Crippen LogP contribution in [0.5, 0.6) is 0 Å². The number of Topliss-reactive ketones (excluding diaryl/α,β-unsaturated/α-hetero) is 1. The molecule has 2 atom stereocenters. The molecule has 2 unspecified atom stereocenters. The van der Waals surface area contributed by atoms with Gasteiger partial charge in [0, 0.05) is 32.1 Å². The molecule has 23 heteroatoms. The number of ketones is 1. The van der Waals surface area contributed by atoms with Gasteiger partial charge in [-0.2, -0.15) is 0 Å². The zero-order chi connectivity index (χ0) is 48.2. The first-order valence-electron chi connectivity index (χ1n) is 20.5. The number of aromatic carboxylic acids is 1. The van der Waals surface area contributed by atoms with Gasteiger partial charge in [-0.15, -0.1) is 11.3 Å². The number of hydrogen-bond acceptors (Lipinski definition) is 13. The summed E-state index contributed by atoms with van der Waals surface area (Å²) in [6.45, 7) is 7.66. The van der Waals surface area contributed by atoms with Crippen molar-refractivity contribution in [3.8, 4) is 0 Å². The largest absolute Gasteiger partial charge is 0.478 e. The van der Waals surface area contributed by atoms with Crippen LogP contribution < -0.4 is 61.0 Å². The molecule has 5 amide bonds. The Bertz CT molecular complexity index is 2040. The van der Waals surface area contributed by atoms with E-state index in [0.717, 1.165) is 17.9 Å². The second-order valence-corrected chi connectivity index (χ2v) is 15.4. The highest BCUT2D eigenvalue weighted by atomic mass is 32.1. The summed E-state index contributed by atoms with van der Waals surface area (Å²) in [6, 6.07) is 8.94. The van der Waals surface area contributed by atoms with E-state index >= 15 is 0 Å². The Morgan fingerprint density at radius 1 is 0.766 bits per heavy atom. The fourth-order valence-corrected chi connectivity index (χ4v) is 6.10. The molecule has 3 aromatic rings. The number of unbranched alkanes of at least 4 members (excludes halogenated alkanes) is 1. The number of nitrogens with one attached hydrogen (secondary N) is 5. The van der Waals surface area contributed by atoms with E-state index in [4.69, 9.17) is 39.5 Å². The number of rotatable bonds is 23. The number of carboxylic acid groups (broad SMARTS) is 1. The topological polar surface area (TPSA) is 394 Å². The summed E-state index contributed by atoms with van der Waals surface area (Å²) < 4.78 is 0.533. The summed E-state index contributed by atoms with van der Waals surface area (Å²) in [5, 5.41) is 21.8. The molecule has 0 saturated heterocycles. The van der Waals surface area contributed by atoms with Gasteiger partial charge in [0.1, 0.15) is 6.04 Å². The van der Waals surface area contributed by atoms with E-state index in [2.05, 4.69) is 48.5 Å². The van der Waals surface area contributed by atoms with E-state index in [9.17, 15) is 33.6 Å². The number of amides is 5.